The number of hydrogen-bond acceptors (Lipinski definition) is 2. The van der Waals surface area contributed by atoms with E-state index in [-0.39, 0.29) is 0 Å². The van der Waals surface area contributed by atoms with Gasteiger partial charge in [0.2, 0.25) is 0 Å². The molecule has 0 aromatic carbocycles. The van der Waals surface area contributed by atoms with Crippen molar-refractivity contribution in [3.8, 4) is 0 Å². The van der Waals surface area contributed by atoms with Crippen molar-refractivity contribution in [2.24, 2.45) is 5.92 Å². The zero-order chi connectivity index (χ0) is 11.8. The van der Waals surface area contributed by atoms with Crippen molar-refractivity contribution in [2.45, 2.75) is 57.5 Å². The normalized spacial score (nSPS) is 26.2. The standard InChI is InChI=1S/C15H27NO/c1-3-7-14(8-4-1)13-16-11-12-17-15-9-5-2-6-10-15/h1,3,14-16H,2,4-13H2. The van der Waals surface area contributed by atoms with Crippen LogP contribution in [0.4, 0.5) is 0 Å². The molecule has 0 heterocycles. The van der Waals surface area contributed by atoms with E-state index >= 15 is 0 Å². The summed E-state index contributed by atoms with van der Waals surface area (Å²) in [6.45, 7) is 3.09. The zero-order valence-corrected chi connectivity index (χ0v) is 11.0. The van der Waals surface area contributed by atoms with E-state index in [0.29, 0.717) is 6.10 Å². The summed E-state index contributed by atoms with van der Waals surface area (Å²) >= 11 is 0. The maximum atomic E-state index is 5.90. The molecule has 2 heteroatoms. The summed E-state index contributed by atoms with van der Waals surface area (Å²) < 4.78 is 5.90. The summed E-state index contributed by atoms with van der Waals surface area (Å²) in [7, 11) is 0. The Kier molecular flexibility index (Phi) is 6.08. The van der Waals surface area contributed by atoms with E-state index in [4.69, 9.17) is 4.74 Å². The summed E-state index contributed by atoms with van der Waals surface area (Å²) in [5, 5.41) is 3.54. The molecule has 2 nitrogen and oxygen atoms in total. The van der Waals surface area contributed by atoms with Crippen LogP contribution in [0, 0.1) is 5.92 Å². The Morgan fingerprint density at radius 2 is 1.94 bits per heavy atom. The van der Waals surface area contributed by atoms with Gasteiger partial charge in [-0.1, -0.05) is 31.4 Å². The molecule has 0 aliphatic heterocycles. The van der Waals surface area contributed by atoms with Crippen LogP contribution in [0.25, 0.3) is 0 Å². The first-order chi connectivity index (χ1) is 8.45. The van der Waals surface area contributed by atoms with E-state index in [9.17, 15) is 0 Å². The van der Waals surface area contributed by atoms with Crippen LogP contribution < -0.4 is 5.32 Å². The van der Waals surface area contributed by atoms with Crippen molar-refractivity contribution in [1.29, 1.82) is 0 Å². The zero-order valence-electron chi connectivity index (χ0n) is 11.0. The Balaban J connectivity index is 1.44. The third kappa shape index (κ3) is 5.22. The van der Waals surface area contributed by atoms with Gasteiger partial charge in [-0.3, -0.25) is 0 Å². The molecule has 1 atom stereocenters. The highest BCUT2D eigenvalue weighted by Gasteiger charge is 2.13. The largest absolute Gasteiger partial charge is 0.377 e. The summed E-state index contributed by atoms with van der Waals surface area (Å²) in [4.78, 5) is 0. The van der Waals surface area contributed by atoms with Crippen LogP contribution in [0.1, 0.15) is 51.4 Å². The smallest absolute Gasteiger partial charge is 0.0594 e. The predicted octanol–water partition coefficient (Wildman–Crippen LogP) is 3.28. The van der Waals surface area contributed by atoms with E-state index in [1.807, 2.05) is 0 Å². The van der Waals surface area contributed by atoms with Crippen molar-refractivity contribution < 1.29 is 4.74 Å². The first kappa shape index (κ1) is 13.1. The molecule has 0 spiro atoms. The third-order valence-corrected chi connectivity index (χ3v) is 4.00. The quantitative estimate of drug-likeness (QED) is 0.565. The van der Waals surface area contributed by atoms with Gasteiger partial charge in [-0.05, 0) is 44.6 Å². The van der Waals surface area contributed by atoms with Crippen LogP contribution in [0.5, 0.6) is 0 Å². The lowest BCUT2D eigenvalue weighted by molar-refractivity contribution is 0.0300. The first-order valence-corrected chi connectivity index (χ1v) is 7.42. The maximum Gasteiger partial charge on any atom is 0.0594 e. The molecule has 1 unspecified atom stereocenters. The van der Waals surface area contributed by atoms with Gasteiger partial charge >= 0.3 is 0 Å². The molecular weight excluding hydrogens is 210 g/mol. The van der Waals surface area contributed by atoms with E-state index in [0.717, 1.165) is 19.1 Å². The Morgan fingerprint density at radius 1 is 1.06 bits per heavy atom. The van der Waals surface area contributed by atoms with Crippen LogP contribution in [0.2, 0.25) is 0 Å². The lowest BCUT2D eigenvalue weighted by atomic mass is 9.94. The molecule has 0 aromatic rings. The number of allylic oxidation sites excluding steroid dienone is 2. The van der Waals surface area contributed by atoms with Crippen LogP contribution in [-0.2, 0) is 4.74 Å². The SMILES string of the molecule is C1=CCC(CNCCOC2CCCCC2)CC1. The molecule has 1 N–H and O–H groups in total. The molecule has 2 aliphatic rings. The van der Waals surface area contributed by atoms with E-state index < -0.39 is 0 Å². The predicted molar refractivity (Wildman–Crippen MR) is 72.2 cm³/mol. The van der Waals surface area contributed by atoms with Crippen molar-refractivity contribution >= 4 is 0 Å². The number of hydrogen-bond donors (Lipinski definition) is 1. The van der Waals surface area contributed by atoms with E-state index in [1.54, 1.807) is 0 Å². The Bertz CT molecular complexity index is 221. The molecule has 17 heavy (non-hydrogen) atoms. The molecule has 0 radical (unpaired) electrons. The van der Waals surface area contributed by atoms with Gasteiger partial charge in [0.05, 0.1) is 12.7 Å². The van der Waals surface area contributed by atoms with Gasteiger partial charge in [0.15, 0.2) is 0 Å². The van der Waals surface area contributed by atoms with E-state index in [2.05, 4.69) is 17.5 Å². The lowest BCUT2D eigenvalue weighted by Crippen LogP contribution is -2.28. The molecule has 98 valence electrons. The van der Waals surface area contributed by atoms with Gasteiger partial charge in [-0.2, -0.15) is 0 Å². The average molecular weight is 237 g/mol. The van der Waals surface area contributed by atoms with Crippen molar-refractivity contribution in [3.63, 3.8) is 0 Å². The van der Waals surface area contributed by atoms with Gasteiger partial charge in [-0.15, -0.1) is 0 Å². The minimum atomic E-state index is 0.558. The second kappa shape index (κ2) is 7.88. The summed E-state index contributed by atoms with van der Waals surface area (Å²) in [6, 6.07) is 0. The highest BCUT2D eigenvalue weighted by atomic mass is 16.5. The summed E-state index contributed by atoms with van der Waals surface area (Å²) in [6.07, 6.45) is 15.8. The highest BCUT2D eigenvalue weighted by molar-refractivity contribution is 4.90. The fraction of sp³-hybridized carbons (Fsp3) is 0.867. The van der Waals surface area contributed by atoms with Gasteiger partial charge in [0.25, 0.3) is 0 Å². The van der Waals surface area contributed by atoms with Gasteiger partial charge in [0, 0.05) is 6.54 Å². The molecule has 0 bridgehead atoms. The minimum absolute atomic E-state index is 0.558. The van der Waals surface area contributed by atoms with Crippen molar-refractivity contribution in [2.75, 3.05) is 19.7 Å². The third-order valence-electron chi connectivity index (χ3n) is 4.00. The molecule has 2 rings (SSSR count). The lowest BCUT2D eigenvalue weighted by Gasteiger charge is -2.22. The number of nitrogens with one attached hydrogen (secondary N) is 1. The van der Waals surface area contributed by atoms with Crippen molar-refractivity contribution in [3.05, 3.63) is 12.2 Å². The van der Waals surface area contributed by atoms with Crippen LogP contribution >= 0.6 is 0 Å². The van der Waals surface area contributed by atoms with Gasteiger partial charge < -0.3 is 10.1 Å². The summed E-state index contributed by atoms with van der Waals surface area (Å²) in [5.74, 6) is 0.856. The molecule has 1 fully saturated rings. The fourth-order valence-electron chi connectivity index (χ4n) is 2.88. The molecule has 2 aliphatic carbocycles. The highest BCUT2D eigenvalue weighted by Crippen LogP contribution is 2.20. The van der Waals surface area contributed by atoms with Gasteiger partial charge in [0.1, 0.15) is 0 Å². The monoisotopic (exact) mass is 237 g/mol. The topological polar surface area (TPSA) is 21.3 Å². The van der Waals surface area contributed by atoms with Crippen LogP contribution in [0.3, 0.4) is 0 Å². The number of ether oxygens (including phenoxy) is 1. The second-order valence-corrected chi connectivity index (χ2v) is 5.49. The number of rotatable bonds is 6. The maximum absolute atomic E-state index is 5.90. The fourth-order valence-corrected chi connectivity index (χ4v) is 2.88. The molecule has 0 saturated heterocycles. The minimum Gasteiger partial charge on any atom is -0.377 e. The molecule has 1 saturated carbocycles. The van der Waals surface area contributed by atoms with Crippen LogP contribution in [-0.4, -0.2) is 25.8 Å². The van der Waals surface area contributed by atoms with E-state index in [1.165, 1.54) is 57.9 Å². The average Bonchev–Trinajstić information content (AvgIpc) is 2.41. The van der Waals surface area contributed by atoms with Crippen molar-refractivity contribution in [1.82, 2.24) is 5.32 Å². The Morgan fingerprint density at radius 3 is 2.71 bits per heavy atom. The Hall–Kier alpha value is -0.340. The summed E-state index contributed by atoms with van der Waals surface area (Å²) in [5.41, 5.74) is 0. The Labute approximate surface area is 106 Å². The molecule has 0 aromatic heterocycles. The van der Waals surface area contributed by atoms with Gasteiger partial charge in [-0.25, -0.2) is 0 Å². The first-order valence-electron chi connectivity index (χ1n) is 7.42. The van der Waals surface area contributed by atoms with Crippen LogP contribution in [0.15, 0.2) is 12.2 Å². The molecule has 0 amide bonds. The second-order valence-electron chi connectivity index (χ2n) is 5.49. The molecular formula is C15H27NO.